The summed E-state index contributed by atoms with van der Waals surface area (Å²) in [7, 11) is -3.39. The standard InChI is InChI=1S/C11H16Cl2N2O2S/c1-8(2)14-3-4-18(16,17)15-11-6-9(12)5-10(13)7-11/h5-8,14-15H,3-4H2,1-2H3. The van der Waals surface area contributed by atoms with E-state index in [2.05, 4.69) is 10.0 Å². The van der Waals surface area contributed by atoms with Gasteiger partial charge in [-0.3, -0.25) is 4.72 Å². The van der Waals surface area contributed by atoms with E-state index >= 15 is 0 Å². The van der Waals surface area contributed by atoms with E-state index < -0.39 is 10.0 Å². The third kappa shape index (κ3) is 5.91. The summed E-state index contributed by atoms with van der Waals surface area (Å²) in [4.78, 5) is 0. The van der Waals surface area contributed by atoms with Gasteiger partial charge < -0.3 is 5.32 Å². The summed E-state index contributed by atoms with van der Waals surface area (Å²) in [6, 6.07) is 4.82. The van der Waals surface area contributed by atoms with E-state index in [1.807, 2.05) is 13.8 Å². The summed E-state index contributed by atoms with van der Waals surface area (Å²) in [5.41, 5.74) is 0.372. The topological polar surface area (TPSA) is 58.2 Å². The molecule has 0 heterocycles. The Morgan fingerprint density at radius 2 is 1.72 bits per heavy atom. The van der Waals surface area contributed by atoms with Crippen molar-refractivity contribution in [2.24, 2.45) is 0 Å². The van der Waals surface area contributed by atoms with Gasteiger partial charge in [-0.2, -0.15) is 0 Å². The molecule has 102 valence electrons. The minimum Gasteiger partial charge on any atom is -0.313 e. The molecule has 4 nitrogen and oxygen atoms in total. The molecule has 0 bridgehead atoms. The van der Waals surface area contributed by atoms with E-state index in [9.17, 15) is 8.42 Å². The zero-order chi connectivity index (χ0) is 13.8. The molecule has 0 aliphatic heterocycles. The molecule has 1 aromatic rings. The van der Waals surface area contributed by atoms with Crippen molar-refractivity contribution in [2.75, 3.05) is 17.0 Å². The van der Waals surface area contributed by atoms with Crippen molar-refractivity contribution in [3.05, 3.63) is 28.2 Å². The second kappa shape index (κ2) is 6.61. The molecule has 0 spiro atoms. The zero-order valence-corrected chi connectivity index (χ0v) is 12.5. The molecule has 2 N–H and O–H groups in total. The molecule has 0 aromatic heterocycles. The summed E-state index contributed by atoms with van der Waals surface area (Å²) in [5, 5.41) is 3.82. The van der Waals surface area contributed by atoms with Crippen molar-refractivity contribution >= 4 is 38.9 Å². The van der Waals surface area contributed by atoms with Crippen LogP contribution in [0.25, 0.3) is 0 Å². The molecule has 18 heavy (non-hydrogen) atoms. The number of hydrogen-bond donors (Lipinski definition) is 2. The molecule has 0 aliphatic carbocycles. The van der Waals surface area contributed by atoms with Crippen LogP contribution < -0.4 is 10.0 Å². The van der Waals surface area contributed by atoms with Gasteiger partial charge in [-0.25, -0.2) is 8.42 Å². The third-order valence-corrected chi connectivity index (χ3v) is 3.78. The van der Waals surface area contributed by atoms with Gasteiger partial charge in [0.2, 0.25) is 10.0 Å². The molecule has 0 radical (unpaired) electrons. The number of hydrogen-bond acceptors (Lipinski definition) is 3. The number of anilines is 1. The smallest absolute Gasteiger partial charge is 0.233 e. The van der Waals surface area contributed by atoms with Gasteiger partial charge in [0.15, 0.2) is 0 Å². The highest BCUT2D eigenvalue weighted by atomic mass is 35.5. The average Bonchev–Trinajstić information content (AvgIpc) is 2.12. The molecular formula is C11H16Cl2N2O2S. The summed E-state index contributed by atoms with van der Waals surface area (Å²) in [5.74, 6) is -0.00465. The van der Waals surface area contributed by atoms with Crippen LogP contribution in [-0.2, 0) is 10.0 Å². The van der Waals surface area contributed by atoms with Crippen molar-refractivity contribution in [3.63, 3.8) is 0 Å². The second-order valence-electron chi connectivity index (χ2n) is 4.19. The van der Waals surface area contributed by atoms with E-state index in [4.69, 9.17) is 23.2 Å². The quantitative estimate of drug-likeness (QED) is 0.849. The number of rotatable bonds is 6. The number of sulfonamides is 1. The van der Waals surface area contributed by atoms with Crippen molar-refractivity contribution in [2.45, 2.75) is 19.9 Å². The first-order chi connectivity index (χ1) is 8.28. The van der Waals surface area contributed by atoms with Crippen LogP contribution in [-0.4, -0.2) is 26.8 Å². The molecule has 1 aromatic carbocycles. The van der Waals surface area contributed by atoms with Gasteiger partial charge in [0, 0.05) is 22.6 Å². The SMILES string of the molecule is CC(C)NCCS(=O)(=O)Nc1cc(Cl)cc(Cl)c1. The van der Waals surface area contributed by atoms with Crippen LogP contribution in [0.3, 0.4) is 0 Å². The van der Waals surface area contributed by atoms with Crippen LogP contribution in [0.15, 0.2) is 18.2 Å². The van der Waals surface area contributed by atoms with E-state index in [1.165, 1.54) is 12.1 Å². The first kappa shape index (κ1) is 15.6. The summed E-state index contributed by atoms with van der Waals surface area (Å²) in [6.07, 6.45) is 0. The van der Waals surface area contributed by atoms with Crippen LogP contribution in [0.4, 0.5) is 5.69 Å². The molecule has 0 saturated carbocycles. The summed E-state index contributed by atoms with van der Waals surface area (Å²) in [6.45, 7) is 4.30. The van der Waals surface area contributed by atoms with Crippen molar-refractivity contribution in [1.82, 2.24) is 5.32 Å². The Hall–Kier alpha value is -0.490. The van der Waals surface area contributed by atoms with Gasteiger partial charge in [-0.15, -0.1) is 0 Å². The van der Waals surface area contributed by atoms with Crippen molar-refractivity contribution in [3.8, 4) is 0 Å². The molecule has 0 atom stereocenters. The Morgan fingerprint density at radius 3 is 2.22 bits per heavy atom. The zero-order valence-electron chi connectivity index (χ0n) is 10.2. The lowest BCUT2D eigenvalue weighted by Gasteiger charge is -2.11. The Kier molecular flexibility index (Phi) is 5.72. The van der Waals surface area contributed by atoms with Crippen LogP contribution in [0.1, 0.15) is 13.8 Å². The lowest BCUT2D eigenvalue weighted by molar-refractivity contribution is 0.582. The maximum absolute atomic E-state index is 11.8. The Bertz CT molecular complexity index is 484. The first-order valence-corrected chi connectivity index (χ1v) is 7.89. The van der Waals surface area contributed by atoms with E-state index in [0.29, 0.717) is 22.3 Å². The summed E-state index contributed by atoms with van der Waals surface area (Å²) < 4.78 is 26.0. The van der Waals surface area contributed by atoms with Gasteiger partial charge in [-0.05, 0) is 18.2 Å². The molecule has 1 rings (SSSR count). The van der Waals surface area contributed by atoms with E-state index in [0.717, 1.165) is 0 Å². The molecule has 0 unspecified atom stereocenters. The highest BCUT2D eigenvalue weighted by Gasteiger charge is 2.11. The van der Waals surface area contributed by atoms with Gasteiger partial charge in [0.1, 0.15) is 0 Å². The van der Waals surface area contributed by atoms with Gasteiger partial charge in [-0.1, -0.05) is 37.0 Å². The highest BCUT2D eigenvalue weighted by Crippen LogP contribution is 2.23. The lowest BCUT2D eigenvalue weighted by atomic mass is 10.3. The molecule has 7 heteroatoms. The fraction of sp³-hybridized carbons (Fsp3) is 0.455. The predicted molar refractivity (Wildman–Crippen MR) is 77.0 cm³/mol. The Labute approximate surface area is 118 Å². The minimum absolute atomic E-state index is 0.00465. The molecule has 0 aliphatic rings. The van der Waals surface area contributed by atoms with Gasteiger partial charge >= 0.3 is 0 Å². The highest BCUT2D eigenvalue weighted by molar-refractivity contribution is 7.92. The van der Waals surface area contributed by atoms with Crippen molar-refractivity contribution < 1.29 is 8.42 Å². The normalized spacial score (nSPS) is 11.8. The molecular weight excluding hydrogens is 295 g/mol. The third-order valence-electron chi connectivity index (χ3n) is 2.06. The average molecular weight is 311 g/mol. The largest absolute Gasteiger partial charge is 0.313 e. The number of benzene rings is 1. The van der Waals surface area contributed by atoms with Crippen molar-refractivity contribution in [1.29, 1.82) is 0 Å². The molecule has 0 fully saturated rings. The van der Waals surface area contributed by atoms with Crippen LogP contribution >= 0.6 is 23.2 Å². The van der Waals surface area contributed by atoms with E-state index in [-0.39, 0.29) is 11.8 Å². The Balaban J connectivity index is 2.64. The van der Waals surface area contributed by atoms with Gasteiger partial charge in [0.05, 0.1) is 11.4 Å². The number of halogens is 2. The summed E-state index contributed by atoms with van der Waals surface area (Å²) >= 11 is 11.6. The molecule has 0 amide bonds. The number of nitrogens with one attached hydrogen (secondary N) is 2. The van der Waals surface area contributed by atoms with Crippen LogP contribution in [0.5, 0.6) is 0 Å². The van der Waals surface area contributed by atoms with Crippen LogP contribution in [0.2, 0.25) is 10.0 Å². The maximum Gasteiger partial charge on any atom is 0.233 e. The lowest BCUT2D eigenvalue weighted by Crippen LogP contribution is -2.30. The monoisotopic (exact) mass is 310 g/mol. The van der Waals surface area contributed by atoms with E-state index in [1.54, 1.807) is 6.07 Å². The fourth-order valence-electron chi connectivity index (χ4n) is 1.33. The maximum atomic E-state index is 11.8. The minimum atomic E-state index is -3.39. The fourth-order valence-corrected chi connectivity index (χ4v) is 2.82. The van der Waals surface area contributed by atoms with Crippen LogP contribution in [0, 0.1) is 0 Å². The molecule has 0 saturated heterocycles. The second-order valence-corrected chi connectivity index (χ2v) is 6.90. The van der Waals surface area contributed by atoms with Gasteiger partial charge in [0.25, 0.3) is 0 Å². The first-order valence-electron chi connectivity index (χ1n) is 5.48. The predicted octanol–water partition coefficient (Wildman–Crippen LogP) is 2.73. The Morgan fingerprint density at radius 1 is 1.17 bits per heavy atom.